The summed E-state index contributed by atoms with van der Waals surface area (Å²) in [5.74, 6) is 0. The Morgan fingerprint density at radius 3 is 2.25 bits per heavy atom. The van der Waals surface area contributed by atoms with Gasteiger partial charge in [0.1, 0.15) is 0 Å². The van der Waals surface area contributed by atoms with Crippen LogP contribution in [0.4, 0.5) is 5.69 Å². The highest BCUT2D eigenvalue weighted by Gasteiger charge is 2.25. The van der Waals surface area contributed by atoms with Crippen LogP contribution in [0.25, 0.3) is 10.8 Å². The van der Waals surface area contributed by atoms with Crippen LogP contribution in [0.3, 0.4) is 0 Å². The zero-order valence-electron chi connectivity index (χ0n) is 12.4. The molecule has 3 nitrogen and oxygen atoms in total. The van der Waals surface area contributed by atoms with Gasteiger partial charge in [-0.2, -0.15) is 0 Å². The summed E-state index contributed by atoms with van der Waals surface area (Å²) in [7, 11) is 0.566. The molecule has 0 bridgehead atoms. The Bertz CT molecular complexity index is 715. The standard InChI is InChI=1S/C16H21NO2S/c1-5-12(2)20(18,19)15-11-7-9-13-8-6-10-14(16(13)15)17(3)4/h6-12H,5H2,1-4H3. The second-order valence-corrected chi connectivity index (χ2v) is 7.62. The Morgan fingerprint density at radius 1 is 1.10 bits per heavy atom. The minimum atomic E-state index is -3.30. The van der Waals surface area contributed by atoms with Crippen molar-refractivity contribution in [2.24, 2.45) is 0 Å². The van der Waals surface area contributed by atoms with Crippen LogP contribution in [0, 0.1) is 0 Å². The molecule has 0 aliphatic carbocycles. The molecule has 1 unspecified atom stereocenters. The number of hydrogen-bond donors (Lipinski definition) is 0. The molecule has 0 saturated heterocycles. The maximum atomic E-state index is 12.7. The molecule has 0 heterocycles. The second-order valence-electron chi connectivity index (χ2n) is 5.29. The fourth-order valence-electron chi connectivity index (χ4n) is 2.33. The molecule has 108 valence electrons. The molecule has 0 saturated carbocycles. The van der Waals surface area contributed by atoms with Gasteiger partial charge in [-0.05, 0) is 30.9 Å². The van der Waals surface area contributed by atoms with Gasteiger partial charge >= 0.3 is 0 Å². The quantitative estimate of drug-likeness (QED) is 0.865. The van der Waals surface area contributed by atoms with E-state index in [0.717, 1.165) is 16.5 Å². The van der Waals surface area contributed by atoms with Crippen molar-refractivity contribution in [1.29, 1.82) is 0 Å². The van der Waals surface area contributed by atoms with Gasteiger partial charge in [0.2, 0.25) is 0 Å². The molecule has 2 aromatic rings. The maximum Gasteiger partial charge on any atom is 0.181 e. The molecule has 0 N–H and O–H groups in total. The first-order chi connectivity index (χ1) is 9.39. The fraction of sp³-hybridized carbons (Fsp3) is 0.375. The van der Waals surface area contributed by atoms with Crippen molar-refractivity contribution in [2.45, 2.75) is 30.4 Å². The lowest BCUT2D eigenvalue weighted by atomic mass is 10.1. The molecule has 20 heavy (non-hydrogen) atoms. The Balaban J connectivity index is 2.84. The summed E-state index contributed by atoms with van der Waals surface area (Å²) >= 11 is 0. The van der Waals surface area contributed by atoms with Crippen molar-refractivity contribution in [3.63, 3.8) is 0 Å². The van der Waals surface area contributed by atoms with Gasteiger partial charge in [-0.15, -0.1) is 0 Å². The van der Waals surface area contributed by atoms with Crippen LogP contribution in [0.2, 0.25) is 0 Å². The van der Waals surface area contributed by atoms with Crippen molar-refractivity contribution in [2.75, 3.05) is 19.0 Å². The Kier molecular flexibility index (Phi) is 4.04. The lowest BCUT2D eigenvalue weighted by Crippen LogP contribution is -2.18. The van der Waals surface area contributed by atoms with E-state index in [1.165, 1.54) is 0 Å². The van der Waals surface area contributed by atoms with Gasteiger partial charge in [-0.1, -0.05) is 31.2 Å². The monoisotopic (exact) mass is 291 g/mol. The lowest BCUT2D eigenvalue weighted by Gasteiger charge is -2.19. The molecule has 0 spiro atoms. The van der Waals surface area contributed by atoms with Gasteiger partial charge in [0.25, 0.3) is 0 Å². The van der Waals surface area contributed by atoms with Crippen molar-refractivity contribution in [1.82, 2.24) is 0 Å². The van der Waals surface area contributed by atoms with Crippen LogP contribution in [0.1, 0.15) is 20.3 Å². The number of hydrogen-bond acceptors (Lipinski definition) is 3. The van der Waals surface area contributed by atoms with Gasteiger partial charge in [-0.25, -0.2) is 8.42 Å². The smallest absolute Gasteiger partial charge is 0.181 e. The van der Waals surface area contributed by atoms with E-state index in [1.54, 1.807) is 13.0 Å². The largest absolute Gasteiger partial charge is 0.377 e. The van der Waals surface area contributed by atoms with Crippen molar-refractivity contribution in [3.8, 4) is 0 Å². The molecule has 1 atom stereocenters. The lowest BCUT2D eigenvalue weighted by molar-refractivity contribution is 0.582. The molecule has 0 aromatic heterocycles. The third-order valence-corrected chi connectivity index (χ3v) is 6.08. The number of rotatable bonds is 4. The number of benzene rings is 2. The first kappa shape index (κ1) is 14.9. The topological polar surface area (TPSA) is 37.4 Å². The highest BCUT2D eigenvalue weighted by molar-refractivity contribution is 7.92. The molecular weight excluding hydrogens is 270 g/mol. The number of fused-ring (bicyclic) bond motifs is 1. The summed E-state index contributed by atoms with van der Waals surface area (Å²) in [5, 5.41) is 1.41. The number of sulfone groups is 1. The highest BCUT2D eigenvalue weighted by atomic mass is 32.2. The molecular formula is C16H21NO2S. The molecule has 0 amide bonds. The summed E-state index contributed by atoms with van der Waals surface area (Å²) in [6, 6.07) is 11.4. The summed E-state index contributed by atoms with van der Waals surface area (Å²) in [6.07, 6.45) is 0.614. The van der Waals surface area contributed by atoms with Gasteiger partial charge in [0.05, 0.1) is 10.1 Å². The highest BCUT2D eigenvalue weighted by Crippen LogP contribution is 2.33. The van der Waals surface area contributed by atoms with Crippen LogP contribution < -0.4 is 4.90 Å². The Hall–Kier alpha value is -1.55. The third kappa shape index (κ3) is 2.40. The van der Waals surface area contributed by atoms with E-state index >= 15 is 0 Å². The Labute approximate surface area is 121 Å². The van der Waals surface area contributed by atoms with Crippen LogP contribution in [-0.4, -0.2) is 27.8 Å². The van der Waals surface area contributed by atoms with E-state index < -0.39 is 9.84 Å². The van der Waals surface area contributed by atoms with Gasteiger partial charge in [-0.3, -0.25) is 0 Å². The van der Waals surface area contributed by atoms with Crippen molar-refractivity contribution in [3.05, 3.63) is 36.4 Å². The van der Waals surface area contributed by atoms with E-state index in [9.17, 15) is 8.42 Å². The maximum absolute atomic E-state index is 12.7. The fourth-order valence-corrected chi connectivity index (χ4v) is 3.98. The minimum absolute atomic E-state index is 0.372. The van der Waals surface area contributed by atoms with Crippen LogP contribution in [-0.2, 0) is 9.84 Å². The zero-order chi connectivity index (χ0) is 14.9. The van der Waals surface area contributed by atoms with E-state index in [1.807, 2.05) is 56.3 Å². The number of anilines is 1. The van der Waals surface area contributed by atoms with Crippen molar-refractivity contribution < 1.29 is 8.42 Å². The van der Waals surface area contributed by atoms with E-state index in [4.69, 9.17) is 0 Å². The molecule has 0 aliphatic heterocycles. The van der Waals surface area contributed by atoms with E-state index in [2.05, 4.69) is 0 Å². The molecule has 2 rings (SSSR count). The predicted molar refractivity (Wildman–Crippen MR) is 85.2 cm³/mol. The first-order valence-corrected chi connectivity index (χ1v) is 8.37. The second kappa shape index (κ2) is 5.44. The summed E-state index contributed by atoms with van der Waals surface area (Å²) in [5.41, 5.74) is 0.935. The van der Waals surface area contributed by atoms with Gasteiger partial charge in [0, 0.05) is 25.2 Å². The predicted octanol–water partition coefficient (Wildman–Crippen LogP) is 3.48. The minimum Gasteiger partial charge on any atom is -0.377 e. The van der Waals surface area contributed by atoms with Gasteiger partial charge < -0.3 is 4.90 Å². The molecule has 2 aromatic carbocycles. The average molecular weight is 291 g/mol. The molecule has 4 heteroatoms. The Morgan fingerprint density at radius 2 is 1.70 bits per heavy atom. The summed E-state index contributed by atoms with van der Waals surface area (Å²) in [4.78, 5) is 2.39. The molecule has 0 fully saturated rings. The summed E-state index contributed by atoms with van der Waals surface area (Å²) in [6.45, 7) is 3.67. The summed E-state index contributed by atoms with van der Waals surface area (Å²) < 4.78 is 25.5. The van der Waals surface area contributed by atoms with E-state index in [0.29, 0.717) is 11.3 Å². The zero-order valence-corrected chi connectivity index (χ0v) is 13.2. The third-order valence-electron chi connectivity index (χ3n) is 3.74. The molecule has 0 radical (unpaired) electrons. The van der Waals surface area contributed by atoms with Crippen LogP contribution >= 0.6 is 0 Å². The first-order valence-electron chi connectivity index (χ1n) is 6.82. The van der Waals surface area contributed by atoms with Crippen LogP contribution in [0.5, 0.6) is 0 Å². The number of nitrogens with zero attached hydrogens (tertiary/aromatic N) is 1. The molecule has 0 aliphatic rings. The van der Waals surface area contributed by atoms with Crippen LogP contribution in [0.15, 0.2) is 41.3 Å². The normalized spacial score (nSPS) is 13.4. The average Bonchev–Trinajstić information content (AvgIpc) is 2.44. The van der Waals surface area contributed by atoms with Gasteiger partial charge in [0.15, 0.2) is 9.84 Å². The van der Waals surface area contributed by atoms with E-state index in [-0.39, 0.29) is 5.25 Å². The van der Waals surface area contributed by atoms with Crippen molar-refractivity contribution >= 4 is 26.3 Å². The SMILES string of the molecule is CCC(C)S(=O)(=O)c1cccc2cccc(N(C)C)c12.